The Kier molecular flexibility index (Phi) is 11.5. The van der Waals surface area contributed by atoms with Crippen LogP contribution >= 0.6 is 11.6 Å². The first-order valence-electron chi connectivity index (χ1n) is 13.2. The molecule has 0 aliphatic rings. The summed E-state index contributed by atoms with van der Waals surface area (Å²) in [5.74, 6) is -0.987. The number of sulfonamides is 1. The maximum atomic E-state index is 13.7. The fraction of sp³-hybridized carbons (Fsp3) is 0.333. The molecule has 0 aliphatic carbocycles. The summed E-state index contributed by atoms with van der Waals surface area (Å²) < 4.78 is 39.9. The Morgan fingerprint density at radius 1 is 0.975 bits per heavy atom. The van der Waals surface area contributed by atoms with Gasteiger partial charge in [-0.3, -0.25) is 13.9 Å². The minimum Gasteiger partial charge on any atom is -0.354 e. The van der Waals surface area contributed by atoms with E-state index in [4.69, 9.17) is 11.6 Å². The van der Waals surface area contributed by atoms with Gasteiger partial charge in [-0.05, 0) is 54.3 Å². The van der Waals surface area contributed by atoms with Crippen molar-refractivity contribution < 1.29 is 22.4 Å². The van der Waals surface area contributed by atoms with Crippen LogP contribution in [0.15, 0.2) is 78.9 Å². The Bertz CT molecular complexity index is 1370. The minimum absolute atomic E-state index is 0.000127. The molecule has 0 heterocycles. The van der Waals surface area contributed by atoms with Crippen LogP contribution in [0.2, 0.25) is 5.02 Å². The predicted molar refractivity (Wildman–Crippen MR) is 157 cm³/mol. The van der Waals surface area contributed by atoms with Gasteiger partial charge in [0, 0.05) is 37.5 Å². The average Bonchev–Trinajstić information content (AvgIpc) is 2.92. The van der Waals surface area contributed by atoms with E-state index in [2.05, 4.69) is 5.32 Å². The highest BCUT2D eigenvalue weighted by Gasteiger charge is 2.30. The molecular formula is C30H35ClFN3O4S. The van der Waals surface area contributed by atoms with Crippen molar-refractivity contribution in [1.82, 2.24) is 10.2 Å². The predicted octanol–water partition coefficient (Wildman–Crippen LogP) is 5.19. The van der Waals surface area contributed by atoms with Crippen molar-refractivity contribution in [2.75, 3.05) is 23.7 Å². The van der Waals surface area contributed by atoms with Crippen molar-refractivity contribution >= 4 is 39.1 Å². The monoisotopic (exact) mass is 587 g/mol. The number of nitrogens with zero attached hydrogens (tertiary/aromatic N) is 2. The SMILES string of the molecule is CCCNC(=O)[C@@H](Cc1ccccc1)N(Cc1ccc(F)cc1)C(=O)CCCN(c1cccc(Cl)c1)S(C)(=O)=O. The molecule has 1 atom stereocenters. The average molecular weight is 588 g/mol. The van der Waals surface area contributed by atoms with E-state index < -0.39 is 21.9 Å². The Hall–Kier alpha value is -3.43. The number of rotatable bonds is 14. The third-order valence-electron chi connectivity index (χ3n) is 6.33. The van der Waals surface area contributed by atoms with Gasteiger partial charge < -0.3 is 10.2 Å². The maximum absolute atomic E-state index is 13.7. The van der Waals surface area contributed by atoms with Gasteiger partial charge >= 0.3 is 0 Å². The quantitative estimate of drug-likeness (QED) is 0.281. The Labute approximate surface area is 241 Å². The van der Waals surface area contributed by atoms with Crippen molar-refractivity contribution in [3.63, 3.8) is 0 Å². The normalized spacial score (nSPS) is 12.0. The van der Waals surface area contributed by atoms with Crippen LogP contribution in [0.5, 0.6) is 0 Å². The van der Waals surface area contributed by atoms with E-state index >= 15 is 0 Å². The number of benzene rings is 3. The van der Waals surface area contributed by atoms with Crippen molar-refractivity contribution in [3.8, 4) is 0 Å². The lowest BCUT2D eigenvalue weighted by molar-refractivity contribution is -0.141. The topological polar surface area (TPSA) is 86.8 Å². The molecule has 3 aromatic rings. The van der Waals surface area contributed by atoms with Crippen LogP contribution in [0, 0.1) is 5.82 Å². The second-order valence-electron chi connectivity index (χ2n) is 9.56. The summed E-state index contributed by atoms with van der Waals surface area (Å²) in [7, 11) is -3.64. The standard InChI is InChI=1S/C30H35ClFN3O4S/c1-3-18-33-30(37)28(20-23-9-5-4-6-10-23)34(22-24-14-16-26(32)17-15-24)29(36)13-8-19-35(40(2,38)39)27-12-7-11-25(31)21-27/h4-7,9-12,14-17,21,28H,3,8,13,18-20,22H2,1-2H3,(H,33,37)/t28-/m1/s1. The zero-order valence-electron chi connectivity index (χ0n) is 22.7. The highest BCUT2D eigenvalue weighted by atomic mass is 35.5. The molecule has 40 heavy (non-hydrogen) atoms. The third kappa shape index (κ3) is 9.34. The zero-order chi connectivity index (χ0) is 29.1. The highest BCUT2D eigenvalue weighted by molar-refractivity contribution is 7.92. The van der Waals surface area contributed by atoms with Crippen LogP contribution in [0.3, 0.4) is 0 Å². The largest absolute Gasteiger partial charge is 0.354 e. The van der Waals surface area contributed by atoms with Crippen LogP contribution in [0.1, 0.15) is 37.3 Å². The second kappa shape index (κ2) is 14.8. The third-order valence-corrected chi connectivity index (χ3v) is 7.76. The van der Waals surface area contributed by atoms with E-state index in [9.17, 15) is 22.4 Å². The molecular weight excluding hydrogens is 553 g/mol. The molecule has 0 fully saturated rings. The van der Waals surface area contributed by atoms with Gasteiger partial charge in [-0.1, -0.05) is 67.1 Å². The summed E-state index contributed by atoms with van der Waals surface area (Å²) in [6.07, 6.45) is 2.35. The van der Waals surface area contributed by atoms with E-state index in [0.29, 0.717) is 29.2 Å². The Morgan fingerprint density at radius 3 is 2.30 bits per heavy atom. The molecule has 0 saturated carbocycles. The number of anilines is 1. The molecule has 10 heteroatoms. The summed E-state index contributed by atoms with van der Waals surface area (Å²) in [5.41, 5.74) is 1.97. The molecule has 3 aromatic carbocycles. The number of carbonyl (C=O) groups excluding carboxylic acids is 2. The first-order chi connectivity index (χ1) is 19.1. The number of hydrogen-bond acceptors (Lipinski definition) is 4. The van der Waals surface area contributed by atoms with Crippen LogP contribution < -0.4 is 9.62 Å². The number of halogens is 2. The van der Waals surface area contributed by atoms with Crippen molar-refractivity contribution in [1.29, 1.82) is 0 Å². The lowest BCUT2D eigenvalue weighted by Crippen LogP contribution is -2.50. The summed E-state index contributed by atoms with van der Waals surface area (Å²) in [4.78, 5) is 28.6. The molecule has 0 unspecified atom stereocenters. The molecule has 0 aromatic heterocycles. The van der Waals surface area contributed by atoms with E-state index in [1.807, 2.05) is 37.3 Å². The first-order valence-corrected chi connectivity index (χ1v) is 15.4. The fourth-order valence-corrected chi connectivity index (χ4v) is 5.48. The van der Waals surface area contributed by atoms with Gasteiger partial charge in [-0.25, -0.2) is 12.8 Å². The van der Waals surface area contributed by atoms with Gasteiger partial charge in [0.25, 0.3) is 0 Å². The van der Waals surface area contributed by atoms with Gasteiger partial charge in [-0.15, -0.1) is 0 Å². The highest BCUT2D eigenvalue weighted by Crippen LogP contribution is 2.23. The summed E-state index contributed by atoms with van der Waals surface area (Å²) in [6, 6.07) is 20.9. The van der Waals surface area contributed by atoms with Crippen molar-refractivity contribution in [2.45, 2.75) is 45.2 Å². The van der Waals surface area contributed by atoms with E-state index in [0.717, 1.165) is 18.2 Å². The smallest absolute Gasteiger partial charge is 0.243 e. The summed E-state index contributed by atoms with van der Waals surface area (Å²) in [6.45, 7) is 2.56. The summed E-state index contributed by atoms with van der Waals surface area (Å²) in [5, 5.41) is 3.31. The van der Waals surface area contributed by atoms with Gasteiger partial charge in [0.15, 0.2) is 0 Å². The number of carbonyl (C=O) groups is 2. The van der Waals surface area contributed by atoms with Gasteiger partial charge in [0.2, 0.25) is 21.8 Å². The minimum atomic E-state index is -3.64. The molecule has 0 spiro atoms. The maximum Gasteiger partial charge on any atom is 0.243 e. The van der Waals surface area contributed by atoms with Gasteiger partial charge in [-0.2, -0.15) is 0 Å². The van der Waals surface area contributed by atoms with Crippen LogP contribution in [0.4, 0.5) is 10.1 Å². The molecule has 0 bridgehead atoms. The van der Waals surface area contributed by atoms with Crippen molar-refractivity contribution in [3.05, 3.63) is 101 Å². The van der Waals surface area contributed by atoms with E-state index in [1.165, 1.54) is 21.3 Å². The Morgan fingerprint density at radius 2 is 1.68 bits per heavy atom. The Balaban J connectivity index is 1.86. The number of nitrogens with one attached hydrogen (secondary N) is 1. The van der Waals surface area contributed by atoms with Gasteiger partial charge in [0.1, 0.15) is 11.9 Å². The summed E-state index contributed by atoms with van der Waals surface area (Å²) >= 11 is 6.08. The number of amides is 2. The van der Waals surface area contributed by atoms with Crippen LogP contribution in [-0.2, 0) is 32.6 Å². The molecule has 0 aliphatic heterocycles. The second-order valence-corrected chi connectivity index (χ2v) is 11.9. The molecule has 3 rings (SSSR count). The first kappa shape index (κ1) is 31.1. The number of hydrogen-bond donors (Lipinski definition) is 1. The lowest BCUT2D eigenvalue weighted by Gasteiger charge is -2.32. The molecule has 0 saturated heterocycles. The molecule has 7 nitrogen and oxygen atoms in total. The van der Waals surface area contributed by atoms with E-state index in [1.54, 1.807) is 36.4 Å². The molecule has 0 radical (unpaired) electrons. The van der Waals surface area contributed by atoms with Crippen LogP contribution in [0.25, 0.3) is 0 Å². The van der Waals surface area contributed by atoms with E-state index in [-0.39, 0.29) is 37.7 Å². The van der Waals surface area contributed by atoms with Crippen molar-refractivity contribution in [2.24, 2.45) is 0 Å². The molecule has 1 N–H and O–H groups in total. The fourth-order valence-electron chi connectivity index (χ4n) is 4.34. The molecule has 214 valence electrons. The van der Waals surface area contributed by atoms with Crippen LogP contribution in [-0.4, -0.2) is 50.5 Å². The zero-order valence-corrected chi connectivity index (χ0v) is 24.3. The van der Waals surface area contributed by atoms with Gasteiger partial charge in [0.05, 0.1) is 11.9 Å². The lowest BCUT2D eigenvalue weighted by atomic mass is 10.0. The molecule has 2 amide bonds.